The van der Waals surface area contributed by atoms with E-state index in [1.165, 1.54) is 140 Å². The molecule has 0 saturated heterocycles. The average Bonchev–Trinajstić information content (AvgIpc) is 0.741. The summed E-state index contributed by atoms with van der Waals surface area (Å²) >= 11 is 0. The Bertz CT molecular complexity index is 4750. The Balaban J connectivity index is 1.02. The van der Waals surface area contributed by atoms with Crippen molar-refractivity contribution in [2.75, 3.05) is 9.80 Å². The van der Waals surface area contributed by atoms with Gasteiger partial charge >= 0.3 is 0 Å². The molecule has 4 heteroatoms. The zero-order valence-corrected chi connectivity index (χ0v) is 52.2. The molecule has 434 valence electrons. The number of benzene rings is 12. The van der Waals surface area contributed by atoms with Crippen molar-refractivity contribution >= 4 is 110 Å². The highest BCUT2D eigenvalue weighted by Crippen LogP contribution is 2.56. The smallest absolute Gasteiger partial charge is 0.159 e. The predicted molar refractivity (Wildman–Crippen MR) is 374 cm³/mol. The molecule has 14 aromatic rings. The quantitative estimate of drug-likeness (QED) is 0.128. The lowest BCUT2D eigenvalue weighted by molar-refractivity contribution is 0.590. The van der Waals surface area contributed by atoms with Crippen LogP contribution in [-0.2, 0) is 10.8 Å². The molecule has 0 aliphatic heterocycles. The van der Waals surface area contributed by atoms with Gasteiger partial charge in [0.25, 0.3) is 0 Å². The van der Waals surface area contributed by atoms with Gasteiger partial charge in [-0.15, -0.1) is 0 Å². The average molecular weight is 1150 g/mol. The maximum atomic E-state index is 7.46. The van der Waals surface area contributed by atoms with Gasteiger partial charge in [-0.1, -0.05) is 225 Å². The van der Waals surface area contributed by atoms with E-state index in [4.69, 9.17) is 8.83 Å². The van der Waals surface area contributed by atoms with Crippen molar-refractivity contribution < 1.29 is 8.83 Å². The van der Waals surface area contributed by atoms with Crippen molar-refractivity contribution in [1.29, 1.82) is 0 Å². The molecule has 0 amide bonds. The number of furan rings is 2. The zero-order chi connectivity index (χ0) is 59.7. The summed E-state index contributed by atoms with van der Waals surface area (Å²) in [6.07, 6.45) is 9.64. The largest absolute Gasteiger partial charge is 0.453 e. The molecule has 2 aliphatic carbocycles. The number of hydrogen-bond donors (Lipinski definition) is 0. The molecule has 0 spiro atoms. The van der Waals surface area contributed by atoms with Crippen molar-refractivity contribution in [3.8, 4) is 22.3 Å². The molecule has 2 heterocycles. The summed E-state index contributed by atoms with van der Waals surface area (Å²) in [7, 11) is 0. The fourth-order valence-corrected chi connectivity index (χ4v) is 15.7. The molecule has 88 heavy (non-hydrogen) atoms. The van der Waals surface area contributed by atoms with Crippen LogP contribution in [0.2, 0.25) is 0 Å². The van der Waals surface area contributed by atoms with Crippen LogP contribution in [0.5, 0.6) is 0 Å². The molecule has 2 fully saturated rings. The molecule has 0 radical (unpaired) electrons. The highest BCUT2D eigenvalue weighted by atomic mass is 16.3. The highest BCUT2D eigenvalue weighted by Gasteiger charge is 2.33. The topological polar surface area (TPSA) is 32.8 Å². The van der Waals surface area contributed by atoms with Crippen molar-refractivity contribution in [3.05, 3.63) is 240 Å². The fourth-order valence-electron chi connectivity index (χ4n) is 15.7. The molecule has 0 N–H and O–H groups in total. The number of fused-ring (bicyclic) bond motifs is 6. The van der Waals surface area contributed by atoms with Crippen molar-refractivity contribution in [3.63, 3.8) is 0 Å². The molecular weight excluding hydrogens is 1070 g/mol. The lowest BCUT2D eigenvalue weighted by Gasteiger charge is -2.32. The van der Waals surface area contributed by atoms with E-state index in [2.05, 4.69) is 271 Å². The number of para-hydroxylation sites is 4. The minimum Gasteiger partial charge on any atom is -0.453 e. The lowest BCUT2D eigenvalue weighted by Crippen LogP contribution is -2.16. The first-order valence-electron chi connectivity index (χ1n) is 32.4. The van der Waals surface area contributed by atoms with Crippen LogP contribution >= 0.6 is 0 Å². The Morgan fingerprint density at radius 2 is 0.670 bits per heavy atom. The third-order valence-corrected chi connectivity index (χ3v) is 20.3. The first-order valence-corrected chi connectivity index (χ1v) is 32.4. The van der Waals surface area contributed by atoms with Crippen LogP contribution in [0.1, 0.15) is 138 Å². The Labute approximate surface area is 517 Å². The second-order valence-corrected chi connectivity index (χ2v) is 27.8. The van der Waals surface area contributed by atoms with Gasteiger partial charge in [0, 0.05) is 54.8 Å². The van der Waals surface area contributed by atoms with Gasteiger partial charge in [0.2, 0.25) is 0 Å². The van der Waals surface area contributed by atoms with Gasteiger partial charge in [-0.25, -0.2) is 0 Å². The van der Waals surface area contributed by atoms with E-state index in [1.807, 2.05) is 0 Å². The van der Waals surface area contributed by atoms with Gasteiger partial charge in [0.05, 0.1) is 22.7 Å². The van der Waals surface area contributed by atoms with Crippen molar-refractivity contribution in [2.45, 2.75) is 129 Å². The van der Waals surface area contributed by atoms with E-state index in [-0.39, 0.29) is 10.8 Å². The number of rotatable bonds is 10. The van der Waals surface area contributed by atoms with Gasteiger partial charge in [-0.3, -0.25) is 0 Å². The molecule has 2 aromatic heterocycles. The maximum Gasteiger partial charge on any atom is 0.159 e. The molecule has 2 aliphatic rings. The first-order chi connectivity index (χ1) is 42.8. The zero-order valence-electron chi connectivity index (χ0n) is 52.2. The summed E-state index contributed by atoms with van der Waals surface area (Å²) in [5.41, 5.74) is 22.6. The van der Waals surface area contributed by atoms with E-state index in [9.17, 15) is 0 Å². The SMILES string of the molecule is Cc1ccccc1-c1cccc2c1oc1c(N(c3cccc(C(C)(C)C)c3)c3cc(C4CCCC4)c4ccc5c(N(c6cccc(C(C)(C)C)c6)c6cccc7c6oc6c(-c8ccccc8C)cccc67)cc(C6CCCC6)c6ccc3c4c65)cccc12. The third-order valence-electron chi connectivity index (χ3n) is 20.3. The monoisotopic (exact) mass is 1140 g/mol. The molecule has 0 unspecified atom stereocenters. The fraction of sp³-hybridized carbons (Fsp3) is 0.238. The summed E-state index contributed by atoms with van der Waals surface area (Å²) in [6.45, 7) is 18.4. The molecule has 2 saturated carbocycles. The molecule has 0 atom stereocenters. The summed E-state index contributed by atoms with van der Waals surface area (Å²) in [6, 6.07) is 78.2. The van der Waals surface area contributed by atoms with E-state index < -0.39 is 0 Å². The molecule has 0 bridgehead atoms. The van der Waals surface area contributed by atoms with E-state index in [0.29, 0.717) is 11.8 Å². The Morgan fingerprint density at radius 3 is 1.07 bits per heavy atom. The first kappa shape index (κ1) is 54.3. The Morgan fingerprint density at radius 1 is 0.318 bits per heavy atom. The molecular formula is C84H76N2O2. The normalized spacial score (nSPS) is 14.6. The second kappa shape index (κ2) is 20.8. The number of nitrogens with zero attached hydrogens (tertiary/aromatic N) is 2. The molecule has 4 nitrogen and oxygen atoms in total. The van der Waals surface area contributed by atoms with Crippen LogP contribution in [-0.4, -0.2) is 0 Å². The standard InChI is InChI=1S/C84H76N2O2/c1-51-23-9-15-33-59(51)63-35-19-37-65-67-39-21-41-73(81(67)87-79(63)65)85(57-31-17-29-55(47-57)83(3,4)5)75-49-71(53-25-11-12-26-53)61-44-46-70-76(50-72(54-27-13-14-28-54)62-43-45-69(75)77(61)78(62)70)86(58-32-18-30-56(48-58)84(6,7)8)74-42-22-40-68-66-38-20-36-64(80(66)88-82(68)74)60-34-16-10-24-52(60)2/h9-10,15-24,29-50,53-54H,11-14,25-28H2,1-8H3. The number of aryl methyl sites for hydroxylation is 2. The van der Waals surface area contributed by atoms with Gasteiger partial charge in [0.1, 0.15) is 11.2 Å². The minimum absolute atomic E-state index is 0.0889. The van der Waals surface area contributed by atoms with E-state index in [0.717, 1.165) is 77.8 Å². The molecule has 12 aromatic carbocycles. The van der Waals surface area contributed by atoms with E-state index >= 15 is 0 Å². The van der Waals surface area contributed by atoms with Crippen LogP contribution in [0.15, 0.2) is 215 Å². The van der Waals surface area contributed by atoms with Crippen LogP contribution in [0.3, 0.4) is 0 Å². The van der Waals surface area contributed by atoms with Gasteiger partial charge in [-0.05, 0) is 177 Å². The van der Waals surface area contributed by atoms with Gasteiger partial charge in [-0.2, -0.15) is 0 Å². The van der Waals surface area contributed by atoms with Crippen LogP contribution in [0, 0.1) is 13.8 Å². The number of anilines is 6. The Hall–Kier alpha value is -9.12. The Kier molecular flexibility index (Phi) is 12.8. The summed E-state index contributed by atoms with van der Waals surface area (Å²) in [4.78, 5) is 5.16. The van der Waals surface area contributed by atoms with Crippen molar-refractivity contribution in [1.82, 2.24) is 0 Å². The highest BCUT2D eigenvalue weighted by molar-refractivity contribution is 6.30. The van der Waals surface area contributed by atoms with Crippen LogP contribution in [0.4, 0.5) is 34.1 Å². The van der Waals surface area contributed by atoms with E-state index in [1.54, 1.807) is 0 Å². The van der Waals surface area contributed by atoms with Crippen molar-refractivity contribution in [2.24, 2.45) is 0 Å². The summed E-state index contributed by atoms with van der Waals surface area (Å²) in [5, 5.41) is 12.4. The second-order valence-electron chi connectivity index (χ2n) is 27.8. The number of hydrogen-bond acceptors (Lipinski definition) is 4. The van der Waals surface area contributed by atoms with Gasteiger partial charge in [0.15, 0.2) is 11.2 Å². The summed E-state index contributed by atoms with van der Waals surface area (Å²) in [5.74, 6) is 0.843. The van der Waals surface area contributed by atoms with Crippen LogP contribution < -0.4 is 9.80 Å². The predicted octanol–water partition coefficient (Wildman–Crippen LogP) is 25.2. The lowest BCUT2D eigenvalue weighted by atomic mass is 9.82. The maximum absolute atomic E-state index is 7.46. The van der Waals surface area contributed by atoms with Crippen LogP contribution in [0.25, 0.3) is 98.4 Å². The van der Waals surface area contributed by atoms with Gasteiger partial charge < -0.3 is 18.6 Å². The summed E-state index contributed by atoms with van der Waals surface area (Å²) < 4.78 is 14.9. The minimum atomic E-state index is -0.0889. The third kappa shape index (κ3) is 8.75. The molecule has 16 rings (SSSR count).